The molecule has 3 heteroatoms. The molecule has 3 aromatic rings. The summed E-state index contributed by atoms with van der Waals surface area (Å²) in [5, 5.41) is 14.7. The fraction of sp³-hybridized carbons (Fsp3) is 0.0625. The highest BCUT2D eigenvalue weighted by molar-refractivity contribution is 5.84. The lowest BCUT2D eigenvalue weighted by Gasteiger charge is -2.03. The van der Waals surface area contributed by atoms with Gasteiger partial charge in [-0.15, -0.1) is 0 Å². The van der Waals surface area contributed by atoms with Crippen molar-refractivity contribution in [3.63, 3.8) is 0 Å². The first-order valence-electron chi connectivity index (χ1n) is 6.14. The van der Waals surface area contributed by atoms with Crippen molar-refractivity contribution in [3.8, 4) is 28.3 Å². The SMILES string of the molecule is Cn1nc(-c2ccccc2)c(-c2ccccc2)c1O. The van der Waals surface area contributed by atoms with Crippen LogP contribution in [0.3, 0.4) is 0 Å². The molecule has 0 saturated heterocycles. The Balaban J connectivity index is 2.25. The molecule has 0 bridgehead atoms. The molecule has 1 N–H and O–H groups in total. The van der Waals surface area contributed by atoms with E-state index in [4.69, 9.17) is 0 Å². The monoisotopic (exact) mass is 250 g/mol. The Bertz CT molecular complexity index is 688. The predicted molar refractivity (Wildman–Crippen MR) is 75.7 cm³/mol. The fourth-order valence-electron chi connectivity index (χ4n) is 2.18. The molecule has 0 atom stereocenters. The molecule has 0 saturated carbocycles. The number of hydrogen-bond acceptors (Lipinski definition) is 2. The van der Waals surface area contributed by atoms with Gasteiger partial charge in [0.15, 0.2) is 0 Å². The average Bonchev–Trinajstić information content (AvgIpc) is 2.77. The van der Waals surface area contributed by atoms with Crippen molar-refractivity contribution in [1.82, 2.24) is 9.78 Å². The van der Waals surface area contributed by atoms with Gasteiger partial charge >= 0.3 is 0 Å². The molecule has 3 nitrogen and oxygen atoms in total. The van der Waals surface area contributed by atoms with E-state index in [0.717, 1.165) is 22.4 Å². The summed E-state index contributed by atoms with van der Waals surface area (Å²) in [6, 6.07) is 19.7. The molecule has 0 aliphatic heterocycles. The van der Waals surface area contributed by atoms with Gasteiger partial charge in [0.05, 0.1) is 5.56 Å². The van der Waals surface area contributed by atoms with E-state index in [0.29, 0.717) is 0 Å². The van der Waals surface area contributed by atoms with Crippen LogP contribution in [0.15, 0.2) is 60.7 Å². The lowest BCUT2D eigenvalue weighted by molar-refractivity contribution is 0.421. The zero-order valence-corrected chi connectivity index (χ0v) is 10.6. The lowest BCUT2D eigenvalue weighted by Crippen LogP contribution is -1.88. The average molecular weight is 250 g/mol. The minimum absolute atomic E-state index is 0.185. The van der Waals surface area contributed by atoms with E-state index >= 15 is 0 Å². The Hall–Kier alpha value is -2.55. The van der Waals surface area contributed by atoms with E-state index in [1.54, 1.807) is 7.05 Å². The van der Waals surface area contributed by atoms with Crippen LogP contribution in [-0.4, -0.2) is 14.9 Å². The van der Waals surface area contributed by atoms with Gasteiger partial charge in [-0.25, -0.2) is 4.68 Å². The maximum atomic E-state index is 10.2. The predicted octanol–water partition coefficient (Wildman–Crippen LogP) is 3.46. The minimum atomic E-state index is 0.185. The Morgan fingerprint density at radius 2 is 1.37 bits per heavy atom. The number of hydrogen-bond donors (Lipinski definition) is 1. The molecule has 0 radical (unpaired) electrons. The molecule has 3 rings (SSSR count). The van der Waals surface area contributed by atoms with Crippen LogP contribution in [0.5, 0.6) is 5.88 Å². The second-order valence-electron chi connectivity index (χ2n) is 4.40. The third-order valence-corrected chi connectivity index (χ3v) is 3.13. The van der Waals surface area contributed by atoms with Crippen LogP contribution in [0, 0.1) is 0 Å². The van der Waals surface area contributed by atoms with Gasteiger partial charge < -0.3 is 5.11 Å². The van der Waals surface area contributed by atoms with Crippen LogP contribution in [0.1, 0.15) is 0 Å². The Labute approximate surface area is 111 Å². The Morgan fingerprint density at radius 1 is 0.842 bits per heavy atom. The van der Waals surface area contributed by atoms with Crippen molar-refractivity contribution < 1.29 is 5.11 Å². The number of nitrogens with zero attached hydrogens (tertiary/aromatic N) is 2. The van der Waals surface area contributed by atoms with Gasteiger partial charge in [0, 0.05) is 12.6 Å². The molecular weight excluding hydrogens is 236 g/mol. The number of aromatic nitrogens is 2. The second kappa shape index (κ2) is 4.61. The van der Waals surface area contributed by atoms with Gasteiger partial charge in [0.2, 0.25) is 5.88 Å². The molecule has 1 aromatic heterocycles. The van der Waals surface area contributed by atoms with Crippen LogP contribution in [-0.2, 0) is 7.05 Å². The minimum Gasteiger partial charge on any atom is -0.493 e. The van der Waals surface area contributed by atoms with Crippen molar-refractivity contribution in [3.05, 3.63) is 60.7 Å². The molecular formula is C16H14N2O. The maximum Gasteiger partial charge on any atom is 0.217 e. The third-order valence-electron chi connectivity index (χ3n) is 3.13. The first kappa shape index (κ1) is 11.5. The summed E-state index contributed by atoms with van der Waals surface area (Å²) in [4.78, 5) is 0. The lowest BCUT2D eigenvalue weighted by atomic mass is 10.0. The first-order chi connectivity index (χ1) is 9.27. The van der Waals surface area contributed by atoms with Crippen LogP contribution in [0.2, 0.25) is 0 Å². The van der Waals surface area contributed by atoms with Crippen molar-refractivity contribution in [2.45, 2.75) is 0 Å². The molecule has 2 aromatic carbocycles. The highest BCUT2D eigenvalue weighted by atomic mass is 16.3. The number of rotatable bonds is 2. The highest BCUT2D eigenvalue weighted by Gasteiger charge is 2.18. The highest BCUT2D eigenvalue weighted by Crippen LogP contribution is 2.37. The first-order valence-corrected chi connectivity index (χ1v) is 6.14. The van der Waals surface area contributed by atoms with Crippen molar-refractivity contribution in [2.24, 2.45) is 7.05 Å². The molecule has 0 spiro atoms. The van der Waals surface area contributed by atoms with Crippen molar-refractivity contribution >= 4 is 0 Å². The number of aryl methyl sites for hydroxylation is 1. The Morgan fingerprint density at radius 3 is 1.95 bits per heavy atom. The van der Waals surface area contributed by atoms with Crippen LogP contribution >= 0.6 is 0 Å². The van der Waals surface area contributed by atoms with Crippen molar-refractivity contribution in [1.29, 1.82) is 0 Å². The quantitative estimate of drug-likeness (QED) is 0.756. The van der Waals surface area contributed by atoms with Crippen LogP contribution in [0.4, 0.5) is 0 Å². The zero-order chi connectivity index (χ0) is 13.2. The van der Waals surface area contributed by atoms with Gasteiger partial charge in [-0.05, 0) is 5.56 Å². The molecule has 0 aliphatic rings. The van der Waals surface area contributed by atoms with Crippen molar-refractivity contribution in [2.75, 3.05) is 0 Å². The summed E-state index contributed by atoms with van der Waals surface area (Å²) in [5.74, 6) is 0.185. The van der Waals surface area contributed by atoms with E-state index < -0.39 is 0 Å². The summed E-state index contributed by atoms with van der Waals surface area (Å²) in [5.41, 5.74) is 3.53. The van der Waals surface area contributed by atoms with E-state index in [1.165, 1.54) is 4.68 Å². The van der Waals surface area contributed by atoms with Gasteiger partial charge in [-0.2, -0.15) is 5.10 Å². The molecule has 0 amide bonds. The van der Waals surface area contributed by atoms with Gasteiger partial charge in [-0.3, -0.25) is 0 Å². The molecule has 94 valence electrons. The number of benzene rings is 2. The molecule has 19 heavy (non-hydrogen) atoms. The van der Waals surface area contributed by atoms with E-state index in [-0.39, 0.29) is 5.88 Å². The van der Waals surface area contributed by atoms with Gasteiger partial charge in [-0.1, -0.05) is 60.7 Å². The summed E-state index contributed by atoms with van der Waals surface area (Å²) in [6.45, 7) is 0. The summed E-state index contributed by atoms with van der Waals surface area (Å²) >= 11 is 0. The largest absolute Gasteiger partial charge is 0.493 e. The third kappa shape index (κ3) is 1.99. The molecule has 0 aliphatic carbocycles. The summed E-state index contributed by atoms with van der Waals surface area (Å²) in [6.07, 6.45) is 0. The summed E-state index contributed by atoms with van der Waals surface area (Å²) in [7, 11) is 1.74. The fourth-order valence-corrected chi connectivity index (χ4v) is 2.18. The molecule has 0 unspecified atom stereocenters. The number of aromatic hydroxyl groups is 1. The zero-order valence-electron chi connectivity index (χ0n) is 10.6. The summed E-state index contributed by atoms with van der Waals surface area (Å²) < 4.78 is 1.50. The van der Waals surface area contributed by atoms with Crippen LogP contribution in [0.25, 0.3) is 22.4 Å². The van der Waals surface area contributed by atoms with E-state index in [1.807, 2.05) is 60.7 Å². The van der Waals surface area contributed by atoms with Crippen LogP contribution < -0.4 is 0 Å². The Kier molecular flexibility index (Phi) is 2.80. The van der Waals surface area contributed by atoms with Gasteiger partial charge in [0.1, 0.15) is 5.69 Å². The van der Waals surface area contributed by atoms with E-state index in [9.17, 15) is 5.11 Å². The van der Waals surface area contributed by atoms with Gasteiger partial charge in [0.25, 0.3) is 0 Å². The topological polar surface area (TPSA) is 38.0 Å². The normalized spacial score (nSPS) is 10.6. The smallest absolute Gasteiger partial charge is 0.217 e. The van der Waals surface area contributed by atoms with E-state index in [2.05, 4.69) is 5.10 Å². The second-order valence-corrected chi connectivity index (χ2v) is 4.40. The molecule has 0 fully saturated rings. The standard InChI is InChI=1S/C16H14N2O/c1-18-16(19)14(12-8-4-2-5-9-12)15(17-18)13-10-6-3-7-11-13/h2-11,19H,1H3. The molecule has 1 heterocycles. The maximum absolute atomic E-state index is 10.2.